The Bertz CT molecular complexity index is 734. The zero-order chi connectivity index (χ0) is 13.9. The van der Waals surface area contributed by atoms with Crippen LogP contribution in [0, 0.1) is 0 Å². The van der Waals surface area contributed by atoms with Gasteiger partial charge in [-0.05, 0) is 23.3 Å². The van der Waals surface area contributed by atoms with Gasteiger partial charge in [0.05, 0.1) is 0 Å². The number of aromatic nitrogens is 2. The molecule has 2 heterocycles. The van der Waals surface area contributed by atoms with Crippen LogP contribution in [0.3, 0.4) is 0 Å². The number of H-pyrrole nitrogens is 1. The van der Waals surface area contributed by atoms with Gasteiger partial charge < -0.3 is 10.7 Å². The summed E-state index contributed by atoms with van der Waals surface area (Å²) in [5.74, 6) is -0.358. The monoisotopic (exact) mass is 265 g/mol. The molecule has 0 aliphatic carbocycles. The Kier molecular flexibility index (Phi) is 3.21. The molecule has 0 radical (unpaired) electrons. The molecule has 100 valence electrons. The highest BCUT2D eigenvalue weighted by Crippen LogP contribution is 2.32. The number of pyridine rings is 1. The lowest BCUT2D eigenvalue weighted by Gasteiger charge is -2.15. The van der Waals surface area contributed by atoms with Crippen LogP contribution in [0.25, 0.3) is 11.0 Å². The van der Waals surface area contributed by atoms with Gasteiger partial charge in [0, 0.05) is 30.1 Å². The van der Waals surface area contributed by atoms with Crippen LogP contribution >= 0.6 is 0 Å². The second-order valence-corrected chi connectivity index (χ2v) is 4.78. The van der Waals surface area contributed by atoms with Gasteiger partial charge in [0.15, 0.2) is 0 Å². The van der Waals surface area contributed by atoms with Crippen molar-refractivity contribution in [2.24, 2.45) is 5.73 Å². The van der Waals surface area contributed by atoms with Crippen molar-refractivity contribution in [3.05, 3.63) is 66.0 Å². The lowest BCUT2D eigenvalue weighted by atomic mass is 9.88. The second kappa shape index (κ2) is 5.17. The molecular formula is C16H15N3O. The van der Waals surface area contributed by atoms with Crippen LogP contribution in [-0.4, -0.2) is 15.9 Å². The number of rotatable bonds is 4. The van der Waals surface area contributed by atoms with E-state index in [1.807, 2.05) is 48.7 Å². The minimum Gasteiger partial charge on any atom is -0.370 e. The summed E-state index contributed by atoms with van der Waals surface area (Å²) >= 11 is 0. The third-order valence-corrected chi connectivity index (χ3v) is 3.47. The Morgan fingerprint density at radius 2 is 2.00 bits per heavy atom. The quantitative estimate of drug-likeness (QED) is 0.761. The van der Waals surface area contributed by atoms with Crippen LogP contribution in [0.15, 0.2) is 54.9 Å². The van der Waals surface area contributed by atoms with Gasteiger partial charge in [0.25, 0.3) is 0 Å². The van der Waals surface area contributed by atoms with Gasteiger partial charge in [0.2, 0.25) is 5.91 Å². The minimum absolute atomic E-state index is 0.0494. The number of carbonyl (C=O) groups excluding carboxylic acids is 1. The van der Waals surface area contributed by atoms with Crippen molar-refractivity contribution in [3.8, 4) is 0 Å². The largest absolute Gasteiger partial charge is 0.370 e. The van der Waals surface area contributed by atoms with Gasteiger partial charge in [-0.3, -0.25) is 4.79 Å². The van der Waals surface area contributed by atoms with E-state index in [0.29, 0.717) is 0 Å². The molecule has 1 amide bonds. The molecule has 2 aromatic heterocycles. The highest BCUT2D eigenvalue weighted by molar-refractivity contribution is 5.83. The summed E-state index contributed by atoms with van der Waals surface area (Å²) in [5, 5.41) is 1.03. The molecule has 20 heavy (non-hydrogen) atoms. The predicted molar refractivity (Wildman–Crippen MR) is 78.2 cm³/mol. The molecule has 1 unspecified atom stereocenters. The molecule has 0 aliphatic heterocycles. The van der Waals surface area contributed by atoms with Gasteiger partial charge in [-0.2, -0.15) is 0 Å². The van der Waals surface area contributed by atoms with E-state index in [-0.39, 0.29) is 18.2 Å². The lowest BCUT2D eigenvalue weighted by Crippen LogP contribution is -2.16. The number of hydrogen-bond donors (Lipinski definition) is 2. The van der Waals surface area contributed by atoms with E-state index >= 15 is 0 Å². The van der Waals surface area contributed by atoms with Crippen molar-refractivity contribution >= 4 is 16.9 Å². The Labute approximate surface area is 116 Å². The number of nitrogens with two attached hydrogens (primary N) is 1. The summed E-state index contributed by atoms with van der Waals surface area (Å²) in [4.78, 5) is 18.8. The Morgan fingerprint density at radius 3 is 2.75 bits per heavy atom. The molecule has 3 rings (SSSR count). The van der Waals surface area contributed by atoms with Crippen LogP contribution < -0.4 is 5.73 Å². The number of nitrogens with zero attached hydrogens (tertiary/aromatic N) is 1. The van der Waals surface area contributed by atoms with E-state index in [0.717, 1.165) is 22.2 Å². The zero-order valence-electron chi connectivity index (χ0n) is 10.9. The third-order valence-electron chi connectivity index (χ3n) is 3.47. The van der Waals surface area contributed by atoms with Crippen LogP contribution in [-0.2, 0) is 4.79 Å². The Balaban J connectivity index is 2.12. The summed E-state index contributed by atoms with van der Waals surface area (Å²) < 4.78 is 0. The maximum atomic E-state index is 11.4. The predicted octanol–water partition coefficient (Wildman–Crippen LogP) is 2.57. The third kappa shape index (κ3) is 2.28. The second-order valence-electron chi connectivity index (χ2n) is 4.78. The van der Waals surface area contributed by atoms with Crippen molar-refractivity contribution in [2.75, 3.05) is 0 Å². The molecule has 0 bridgehead atoms. The first-order valence-corrected chi connectivity index (χ1v) is 6.51. The maximum Gasteiger partial charge on any atom is 0.218 e. The molecule has 0 saturated heterocycles. The number of carbonyl (C=O) groups is 1. The van der Waals surface area contributed by atoms with Crippen LogP contribution in [0.5, 0.6) is 0 Å². The maximum absolute atomic E-state index is 11.4. The van der Waals surface area contributed by atoms with Crippen LogP contribution in [0.1, 0.15) is 23.5 Å². The summed E-state index contributed by atoms with van der Waals surface area (Å²) in [5.41, 5.74) is 8.38. The molecule has 3 N–H and O–H groups in total. The van der Waals surface area contributed by atoms with Crippen molar-refractivity contribution in [2.45, 2.75) is 12.3 Å². The van der Waals surface area contributed by atoms with E-state index < -0.39 is 0 Å². The first-order chi connectivity index (χ1) is 9.75. The average Bonchev–Trinajstić information content (AvgIpc) is 2.89. The molecule has 4 heteroatoms. The highest BCUT2D eigenvalue weighted by Gasteiger charge is 2.20. The van der Waals surface area contributed by atoms with Crippen molar-refractivity contribution in [1.29, 1.82) is 0 Å². The summed E-state index contributed by atoms with van der Waals surface area (Å²) in [6.45, 7) is 0. The minimum atomic E-state index is -0.308. The zero-order valence-corrected chi connectivity index (χ0v) is 10.9. The van der Waals surface area contributed by atoms with E-state index in [1.165, 1.54) is 0 Å². The first kappa shape index (κ1) is 12.4. The van der Waals surface area contributed by atoms with Crippen molar-refractivity contribution < 1.29 is 4.79 Å². The highest BCUT2D eigenvalue weighted by atomic mass is 16.1. The number of fused-ring (bicyclic) bond motifs is 1. The van der Waals surface area contributed by atoms with Crippen molar-refractivity contribution in [1.82, 2.24) is 9.97 Å². The molecule has 0 saturated carbocycles. The number of aromatic amines is 1. The molecule has 0 spiro atoms. The topological polar surface area (TPSA) is 71.8 Å². The normalized spacial score (nSPS) is 12.4. The van der Waals surface area contributed by atoms with Gasteiger partial charge in [-0.25, -0.2) is 4.98 Å². The van der Waals surface area contributed by atoms with Crippen molar-refractivity contribution in [3.63, 3.8) is 0 Å². The van der Waals surface area contributed by atoms with Gasteiger partial charge in [-0.1, -0.05) is 30.3 Å². The number of hydrogen-bond acceptors (Lipinski definition) is 2. The SMILES string of the molecule is NC(=O)CC(c1ccccc1)c1c[nH]c2ncccc12. The number of benzene rings is 1. The fraction of sp³-hybridized carbons (Fsp3) is 0.125. The number of nitrogens with one attached hydrogen (secondary N) is 1. The summed E-state index contributed by atoms with van der Waals surface area (Å²) in [6.07, 6.45) is 3.94. The number of primary amides is 1. The smallest absolute Gasteiger partial charge is 0.218 e. The summed E-state index contributed by atoms with van der Waals surface area (Å²) in [7, 11) is 0. The van der Waals surface area contributed by atoms with E-state index in [1.54, 1.807) is 6.20 Å². The molecular weight excluding hydrogens is 250 g/mol. The van der Waals surface area contributed by atoms with E-state index in [2.05, 4.69) is 9.97 Å². The molecule has 0 aliphatic rings. The Morgan fingerprint density at radius 1 is 1.20 bits per heavy atom. The van der Waals surface area contributed by atoms with Crippen LogP contribution in [0.4, 0.5) is 0 Å². The molecule has 1 atom stereocenters. The number of amides is 1. The first-order valence-electron chi connectivity index (χ1n) is 6.51. The van der Waals surface area contributed by atoms with E-state index in [4.69, 9.17) is 5.73 Å². The fourth-order valence-electron chi connectivity index (χ4n) is 2.56. The standard InChI is InChI=1S/C16H15N3O/c17-15(20)9-13(11-5-2-1-3-6-11)14-10-19-16-12(14)7-4-8-18-16/h1-8,10,13H,9H2,(H2,17,20)(H,18,19). The van der Waals surface area contributed by atoms with E-state index in [9.17, 15) is 4.79 Å². The Hall–Kier alpha value is -2.62. The lowest BCUT2D eigenvalue weighted by molar-refractivity contribution is -0.118. The van der Waals surface area contributed by atoms with Gasteiger partial charge in [-0.15, -0.1) is 0 Å². The fourth-order valence-corrected chi connectivity index (χ4v) is 2.56. The molecule has 0 fully saturated rings. The average molecular weight is 265 g/mol. The summed E-state index contributed by atoms with van der Waals surface area (Å²) in [6, 6.07) is 13.8. The molecule has 4 nitrogen and oxygen atoms in total. The van der Waals surface area contributed by atoms with Gasteiger partial charge >= 0.3 is 0 Å². The van der Waals surface area contributed by atoms with Crippen LogP contribution in [0.2, 0.25) is 0 Å². The molecule has 3 aromatic rings. The molecule has 1 aromatic carbocycles. The van der Waals surface area contributed by atoms with Gasteiger partial charge in [0.1, 0.15) is 5.65 Å².